The van der Waals surface area contributed by atoms with E-state index < -0.39 is 0 Å². The zero-order valence-corrected chi connectivity index (χ0v) is 14.3. The lowest BCUT2D eigenvalue weighted by atomic mass is 9.83. The second-order valence-electron chi connectivity index (χ2n) is 8.44. The van der Waals surface area contributed by atoms with Crippen LogP contribution in [-0.2, 0) is 0 Å². The van der Waals surface area contributed by atoms with Gasteiger partial charge in [0.1, 0.15) is 0 Å². The molecule has 118 valence electrons. The molecule has 1 aliphatic carbocycles. The summed E-state index contributed by atoms with van der Waals surface area (Å²) in [6.07, 6.45) is 9.99. The zero-order chi connectivity index (χ0) is 14.6. The van der Waals surface area contributed by atoms with Crippen LogP contribution in [0.3, 0.4) is 0 Å². The summed E-state index contributed by atoms with van der Waals surface area (Å²) >= 11 is 0. The number of hydrogen-bond donors (Lipinski definition) is 1. The summed E-state index contributed by atoms with van der Waals surface area (Å²) in [4.78, 5) is 2.77. The van der Waals surface area contributed by atoms with Gasteiger partial charge in [0.15, 0.2) is 0 Å². The molecule has 0 amide bonds. The molecule has 2 fully saturated rings. The van der Waals surface area contributed by atoms with E-state index in [1.165, 1.54) is 71.1 Å². The number of nitrogens with zero attached hydrogens (tertiary/aromatic N) is 1. The second-order valence-corrected chi connectivity index (χ2v) is 8.44. The van der Waals surface area contributed by atoms with Crippen LogP contribution < -0.4 is 5.32 Å². The van der Waals surface area contributed by atoms with Crippen LogP contribution in [0.4, 0.5) is 0 Å². The fourth-order valence-corrected chi connectivity index (χ4v) is 4.00. The van der Waals surface area contributed by atoms with Gasteiger partial charge in [-0.1, -0.05) is 26.2 Å². The van der Waals surface area contributed by atoms with Gasteiger partial charge in [0, 0.05) is 18.6 Å². The monoisotopic (exact) mass is 280 g/mol. The van der Waals surface area contributed by atoms with Crippen LogP contribution in [0.2, 0.25) is 0 Å². The highest BCUT2D eigenvalue weighted by atomic mass is 15.1. The molecule has 0 radical (unpaired) electrons. The minimum absolute atomic E-state index is 0.255. The highest BCUT2D eigenvalue weighted by Gasteiger charge is 2.36. The molecule has 0 bridgehead atoms. The topological polar surface area (TPSA) is 15.3 Å². The molecule has 0 spiro atoms. The molecule has 1 saturated carbocycles. The average Bonchev–Trinajstić information content (AvgIpc) is 2.86. The molecule has 2 nitrogen and oxygen atoms in total. The van der Waals surface area contributed by atoms with Crippen molar-refractivity contribution in [2.45, 2.75) is 78.2 Å². The lowest BCUT2D eigenvalue weighted by Crippen LogP contribution is -2.49. The Balaban J connectivity index is 1.86. The maximum atomic E-state index is 3.79. The predicted molar refractivity (Wildman–Crippen MR) is 88.1 cm³/mol. The summed E-state index contributed by atoms with van der Waals surface area (Å²) in [5.41, 5.74) is 0.817. The van der Waals surface area contributed by atoms with Crippen molar-refractivity contribution >= 4 is 0 Å². The number of rotatable bonds is 5. The molecule has 2 heteroatoms. The Labute approximate surface area is 126 Å². The molecule has 2 aliphatic rings. The van der Waals surface area contributed by atoms with Crippen molar-refractivity contribution in [2.24, 2.45) is 11.3 Å². The first kappa shape index (κ1) is 16.3. The van der Waals surface area contributed by atoms with Crippen LogP contribution in [0.25, 0.3) is 0 Å². The van der Waals surface area contributed by atoms with Crippen LogP contribution in [-0.4, -0.2) is 36.6 Å². The van der Waals surface area contributed by atoms with E-state index in [-0.39, 0.29) is 5.54 Å². The summed E-state index contributed by atoms with van der Waals surface area (Å²) in [5.74, 6) is 0.999. The average molecular weight is 280 g/mol. The molecule has 0 atom stereocenters. The highest BCUT2D eigenvalue weighted by Crippen LogP contribution is 2.39. The summed E-state index contributed by atoms with van der Waals surface area (Å²) in [5, 5.41) is 3.79. The van der Waals surface area contributed by atoms with Crippen molar-refractivity contribution in [1.82, 2.24) is 10.2 Å². The lowest BCUT2D eigenvalue weighted by molar-refractivity contribution is 0.104. The van der Waals surface area contributed by atoms with Crippen molar-refractivity contribution in [3.8, 4) is 0 Å². The van der Waals surface area contributed by atoms with Gasteiger partial charge < -0.3 is 10.2 Å². The Morgan fingerprint density at radius 3 is 2.20 bits per heavy atom. The summed E-state index contributed by atoms with van der Waals surface area (Å²) in [6, 6.07) is 0. The van der Waals surface area contributed by atoms with Gasteiger partial charge in [-0.25, -0.2) is 0 Å². The normalized spacial score (nSPS) is 25.2. The van der Waals surface area contributed by atoms with E-state index in [2.05, 4.69) is 37.9 Å². The Morgan fingerprint density at radius 1 is 1.10 bits per heavy atom. The molecule has 0 aromatic rings. The third kappa shape index (κ3) is 4.73. The van der Waals surface area contributed by atoms with Crippen LogP contribution >= 0.6 is 0 Å². The molecule has 2 rings (SSSR count). The molecular weight excluding hydrogens is 244 g/mol. The third-order valence-corrected chi connectivity index (χ3v) is 5.50. The lowest BCUT2D eigenvalue weighted by Gasteiger charge is -2.40. The van der Waals surface area contributed by atoms with Gasteiger partial charge in [-0.05, 0) is 70.9 Å². The van der Waals surface area contributed by atoms with E-state index in [4.69, 9.17) is 0 Å². The van der Waals surface area contributed by atoms with Gasteiger partial charge in [-0.15, -0.1) is 0 Å². The molecule has 0 unspecified atom stereocenters. The van der Waals surface area contributed by atoms with Crippen molar-refractivity contribution in [3.05, 3.63) is 0 Å². The number of likely N-dealkylation sites (tertiary alicyclic amines) is 1. The number of nitrogens with one attached hydrogen (secondary N) is 1. The van der Waals surface area contributed by atoms with Crippen molar-refractivity contribution in [1.29, 1.82) is 0 Å². The third-order valence-electron chi connectivity index (χ3n) is 5.50. The Bertz CT molecular complexity index is 278. The van der Waals surface area contributed by atoms with Gasteiger partial charge in [-0.3, -0.25) is 0 Å². The van der Waals surface area contributed by atoms with Gasteiger partial charge in [0.2, 0.25) is 0 Å². The van der Waals surface area contributed by atoms with Crippen LogP contribution in [0.1, 0.15) is 72.6 Å². The van der Waals surface area contributed by atoms with Gasteiger partial charge in [0.05, 0.1) is 0 Å². The van der Waals surface area contributed by atoms with E-state index in [1.54, 1.807) is 0 Å². The van der Waals surface area contributed by atoms with Crippen molar-refractivity contribution in [3.63, 3.8) is 0 Å². The van der Waals surface area contributed by atoms with Gasteiger partial charge in [0.25, 0.3) is 0 Å². The van der Waals surface area contributed by atoms with E-state index in [0.29, 0.717) is 5.41 Å². The van der Waals surface area contributed by atoms with Crippen LogP contribution in [0, 0.1) is 11.3 Å². The van der Waals surface area contributed by atoms with Crippen LogP contribution in [0.5, 0.6) is 0 Å². The van der Waals surface area contributed by atoms with Gasteiger partial charge in [-0.2, -0.15) is 0 Å². The number of hydrogen-bond acceptors (Lipinski definition) is 2. The largest absolute Gasteiger partial charge is 0.311 e. The summed E-state index contributed by atoms with van der Waals surface area (Å²) in [7, 11) is 0. The molecule has 1 N–H and O–H groups in total. The summed E-state index contributed by atoms with van der Waals surface area (Å²) < 4.78 is 0. The first-order valence-corrected chi connectivity index (χ1v) is 8.90. The second kappa shape index (κ2) is 6.79. The van der Waals surface area contributed by atoms with E-state index in [9.17, 15) is 0 Å². The maximum Gasteiger partial charge on any atom is 0.00967 e. The highest BCUT2D eigenvalue weighted by molar-refractivity contribution is 4.92. The summed E-state index contributed by atoms with van der Waals surface area (Å²) in [6.45, 7) is 14.5. The van der Waals surface area contributed by atoms with E-state index in [0.717, 1.165) is 5.92 Å². The molecule has 0 aromatic heterocycles. The molecule has 1 heterocycles. The maximum absolute atomic E-state index is 3.79. The molecule has 1 saturated heterocycles. The van der Waals surface area contributed by atoms with Gasteiger partial charge >= 0.3 is 0 Å². The quantitative estimate of drug-likeness (QED) is 0.817. The fraction of sp³-hybridized carbons (Fsp3) is 1.00. The molecule has 20 heavy (non-hydrogen) atoms. The minimum atomic E-state index is 0.255. The van der Waals surface area contributed by atoms with Crippen molar-refractivity contribution in [2.75, 3.05) is 26.2 Å². The Kier molecular flexibility index (Phi) is 5.53. The first-order chi connectivity index (χ1) is 9.42. The van der Waals surface area contributed by atoms with E-state index in [1.807, 2.05) is 0 Å². The smallest absolute Gasteiger partial charge is 0.00967 e. The SMILES string of the molecule is CCC1CCN(CC2(CNC(C)(C)C)CCCC2)CC1. The predicted octanol–water partition coefficient (Wildman–Crippen LogP) is 4.06. The molecule has 1 aliphatic heterocycles. The van der Waals surface area contributed by atoms with Crippen LogP contribution in [0.15, 0.2) is 0 Å². The molecular formula is C18H36N2. The molecule has 0 aromatic carbocycles. The van der Waals surface area contributed by atoms with E-state index >= 15 is 0 Å². The fourth-order valence-electron chi connectivity index (χ4n) is 4.00. The number of piperidine rings is 1. The Morgan fingerprint density at radius 2 is 1.70 bits per heavy atom. The standard InChI is InChI=1S/C18H36N2/c1-5-16-8-12-20(13-9-16)15-18(10-6-7-11-18)14-19-17(2,3)4/h16,19H,5-15H2,1-4H3. The zero-order valence-electron chi connectivity index (χ0n) is 14.3. The minimum Gasteiger partial charge on any atom is -0.311 e. The first-order valence-electron chi connectivity index (χ1n) is 8.90. The van der Waals surface area contributed by atoms with Crippen molar-refractivity contribution < 1.29 is 0 Å². The Hall–Kier alpha value is -0.0800.